The number of aryl methyl sites for hydroxylation is 1. The van der Waals surface area contributed by atoms with Crippen LogP contribution in [0.3, 0.4) is 0 Å². The van der Waals surface area contributed by atoms with Gasteiger partial charge >= 0.3 is 0 Å². The van der Waals surface area contributed by atoms with Crippen LogP contribution in [0.25, 0.3) is 10.8 Å². The molecule has 1 fully saturated rings. The first-order valence-corrected chi connectivity index (χ1v) is 10.1. The Hall–Kier alpha value is -2.24. The molecule has 2 unspecified atom stereocenters. The summed E-state index contributed by atoms with van der Waals surface area (Å²) in [7, 11) is 0. The average Bonchev–Trinajstić information content (AvgIpc) is 2.75. The van der Waals surface area contributed by atoms with Gasteiger partial charge in [0.25, 0.3) is 0 Å². The van der Waals surface area contributed by atoms with Gasteiger partial charge in [0.2, 0.25) is 0 Å². The fourth-order valence-electron chi connectivity index (χ4n) is 4.01. The van der Waals surface area contributed by atoms with Crippen molar-refractivity contribution in [1.82, 2.24) is 10.2 Å². The van der Waals surface area contributed by atoms with Crippen LogP contribution in [0.2, 0.25) is 0 Å². The summed E-state index contributed by atoms with van der Waals surface area (Å²) in [6.07, 6.45) is -0.208. The van der Waals surface area contributed by atoms with Gasteiger partial charge in [-0.05, 0) is 28.8 Å². The van der Waals surface area contributed by atoms with Crippen LogP contribution >= 0.6 is 0 Å². The summed E-state index contributed by atoms with van der Waals surface area (Å²) in [4.78, 5) is 2.50. The zero-order chi connectivity index (χ0) is 19.3. The SMILES string of the molecule is Cc1ccc(C(CNC(N)c2cccc3ccccc23)N2CCOCC2)cc1. The Morgan fingerprint density at radius 2 is 1.68 bits per heavy atom. The first kappa shape index (κ1) is 19.1. The van der Waals surface area contributed by atoms with E-state index in [1.165, 1.54) is 21.9 Å². The van der Waals surface area contributed by atoms with Gasteiger partial charge in [0.05, 0.1) is 19.4 Å². The Morgan fingerprint density at radius 3 is 2.46 bits per heavy atom. The van der Waals surface area contributed by atoms with Gasteiger partial charge in [-0.15, -0.1) is 0 Å². The van der Waals surface area contributed by atoms with Crippen LogP contribution < -0.4 is 11.1 Å². The number of hydrogen-bond donors (Lipinski definition) is 2. The summed E-state index contributed by atoms with van der Waals surface area (Å²) in [5.41, 5.74) is 10.3. The minimum atomic E-state index is -0.208. The van der Waals surface area contributed by atoms with Gasteiger partial charge < -0.3 is 10.5 Å². The van der Waals surface area contributed by atoms with E-state index in [1.807, 2.05) is 0 Å². The summed E-state index contributed by atoms with van der Waals surface area (Å²) in [5, 5.41) is 6.03. The smallest absolute Gasteiger partial charge is 0.0816 e. The third kappa shape index (κ3) is 4.26. The monoisotopic (exact) mass is 375 g/mol. The molecular weight excluding hydrogens is 346 g/mol. The highest BCUT2D eigenvalue weighted by Crippen LogP contribution is 2.25. The molecule has 1 saturated heterocycles. The van der Waals surface area contributed by atoms with Crippen LogP contribution in [0.1, 0.15) is 28.9 Å². The van der Waals surface area contributed by atoms with Crippen molar-refractivity contribution in [2.24, 2.45) is 5.73 Å². The standard InChI is InChI=1S/C24H29N3O/c1-18-9-11-20(12-10-18)23(27-13-15-28-16-14-27)17-26-24(25)22-8-4-6-19-5-2-3-7-21(19)22/h2-12,23-24,26H,13-17,25H2,1H3. The first-order chi connectivity index (χ1) is 13.7. The lowest BCUT2D eigenvalue weighted by Crippen LogP contribution is -2.44. The summed E-state index contributed by atoms with van der Waals surface area (Å²) in [6.45, 7) is 6.40. The molecule has 28 heavy (non-hydrogen) atoms. The Morgan fingerprint density at radius 1 is 0.964 bits per heavy atom. The number of nitrogens with two attached hydrogens (primary N) is 1. The first-order valence-electron chi connectivity index (χ1n) is 10.1. The maximum Gasteiger partial charge on any atom is 0.0816 e. The molecule has 3 N–H and O–H groups in total. The van der Waals surface area contributed by atoms with Crippen LogP contribution in [0.5, 0.6) is 0 Å². The summed E-state index contributed by atoms with van der Waals surface area (Å²) in [5.74, 6) is 0. The highest BCUT2D eigenvalue weighted by molar-refractivity contribution is 5.86. The maximum absolute atomic E-state index is 6.59. The van der Waals surface area contributed by atoms with Gasteiger partial charge in [-0.2, -0.15) is 0 Å². The van der Waals surface area contributed by atoms with Crippen molar-refractivity contribution in [2.75, 3.05) is 32.8 Å². The van der Waals surface area contributed by atoms with Gasteiger partial charge in [-0.25, -0.2) is 0 Å². The molecule has 3 aromatic rings. The van der Waals surface area contributed by atoms with E-state index in [0.717, 1.165) is 38.4 Å². The lowest BCUT2D eigenvalue weighted by molar-refractivity contribution is 0.0156. The van der Waals surface area contributed by atoms with E-state index in [2.05, 4.69) is 83.9 Å². The van der Waals surface area contributed by atoms with Crippen molar-refractivity contribution < 1.29 is 4.74 Å². The van der Waals surface area contributed by atoms with E-state index in [9.17, 15) is 0 Å². The molecule has 1 aliphatic rings. The van der Waals surface area contributed by atoms with Crippen molar-refractivity contribution in [3.63, 3.8) is 0 Å². The summed E-state index contributed by atoms with van der Waals surface area (Å²) in [6, 6.07) is 23.9. The number of fused-ring (bicyclic) bond motifs is 1. The van der Waals surface area contributed by atoms with Crippen LogP contribution in [0.15, 0.2) is 66.7 Å². The van der Waals surface area contributed by atoms with E-state index in [0.29, 0.717) is 0 Å². The predicted octanol–water partition coefficient (Wildman–Crippen LogP) is 3.77. The number of nitrogens with one attached hydrogen (secondary N) is 1. The van der Waals surface area contributed by atoms with Gasteiger partial charge in [-0.3, -0.25) is 10.2 Å². The van der Waals surface area contributed by atoms with Crippen molar-refractivity contribution in [1.29, 1.82) is 0 Å². The molecule has 4 nitrogen and oxygen atoms in total. The molecular formula is C24H29N3O. The lowest BCUT2D eigenvalue weighted by atomic mass is 10.0. The highest BCUT2D eigenvalue weighted by atomic mass is 16.5. The minimum absolute atomic E-state index is 0.208. The van der Waals surface area contributed by atoms with Crippen LogP contribution in [0.4, 0.5) is 0 Å². The summed E-state index contributed by atoms with van der Waals surface area (Å²) < 4.78 is 5.56. The number of rotatable bonds is 6. The van der Waals surface area contributed by atoms with E-state index in [1.54, 1.807) is 0 Å². The Balaban J connectivity index is 1.54. The highest BCUT2D eigenvalue weighted by Gasteiger charge is 2.23. The zero-order valence-electron chi connectivity index (χ0n) is 16.5. The third-order valence-corrected chi connectivity index (χ3v) is 5.64. The quantitative estimate of drug-likeness (QED) is 0.644. The molecule has 3 aromatic carbocycles. The number of morpholine rings is 1. The molecule has 0 aromatic heterocycles. The van der Waals surface area contributed by atoms with Gasteiger partial charge in [0.1, 0.15) is 0 Å². The predicted molar refractivity (Wildman–Crippen MR) is 115 cm³/mol. The van der Waals surface area contributed by atoms with Crippen molar-refractivity contribution in [2.45, 2.75) is 19.1 Å². The molecule has 1 aliphatic heterocycles. The Labute approximate surface area is 167 Å². The molecule has 4 heteroatoms. The molecule has 0 bridgehead atoms. The molecule has 1 heterocycles. The third-order valence-electron chi connectivity index (χ3n) is 5.64. The van der Waals surface area contributed by atoms with Crippen molar-refractivity contribution >= 4 is 10.8 Å². The summed E-state index contributed by atoms with van der Waals surface area (Å²) >= 11 is 0. The molecule has 2 atom stereocenters. The molecule has 4 rings (SSSR count). The number of benzene rings is 3. The molecule has 0 amide bonds. The largest absolute Gasteiger partial charge is 0.379 e. The maximum atomic E-state index is 6.59. The molecule has 146 valence electrons. The molecule has 0 spiro atoms. The average molecular weight is 376 g/mol. The van der Waals surface area contributed by atoms with Crippen molar-refractivity contribution in [3.05, 3.63) is 83.4 Å². The fraction of sp³-hybridized carbons (Fsp3) is 0.333. The molecule has 0 radical (unpaired) electrons. The second-order valence-electron chi connectivity index (χ2n) is 7.53. The van der Waals surface area contributed by atoms with Crippen LogP contribution in [-0.4, -0.2) is 37.7 Å². The topological polar surface area (TPSA) is 50.5 Å². The Kier molecular flexibility index (Phi) is 6.03. The number of hydrogen-bond acceptors (Lipinski definition) is 4. The van der Waals surface area contributed by atoms with E-state index >= 15 is 0 Å². The van der Waals surface area contributed by atoms with Crippen molar-refractivity contribution in [3.8, 4) is 0 Å². The van der Waals surface area contributed by atoms with E-state index in [4.69, 9.17) is 10.5 Å². The van der Waals surface area contributed by atoms with Gasteiger partial charge in [-0.1, -0.05) is 72.3 Å². The number of nitrogens with zero attached hydrogens (tertiary/aromatic N) is 1. The van der Waals surface area contributed by atoms with E-state index in [-0.39, 0.29) is 12.2 Å². The Bertz CT molecular complexity index is 898. The minimum Gasteiger partial charge on any atom is -0.379 e. The molecule has 0 saturated carbocycles. The van der Waals surface area contributed by atoms with Gasteiger partial charge in [0.15, 0.2) is 0 Å². The van der Waals surface area contributed by atoms with Gasteiger partial charge in [0, 0.05) is 25.7 Å². The lowest BCUT2D eigenvalue weighted by Gasteiger charge is -2.35. The fourth-order valence-corrected chi connectivity index (χ4v) is 4.01. The normalized spacial score (nSPS) is 17.5. The van der Waals surface area contributed by atoms with E-state index < -0.39 is 0 Å². The van der Waals surface area contributed by atoms with Crippen LogP contribution in [0, 0.1) is 6.92 Å². The van der Waals surface area contributed by atoms with Crippen LogP contribution in [-0.2, 0) is 4.74 Å². The second kappa shape index (κ2) is 8.84. The number of ether oxygens (including phenoxy) is 1. The molecule has 0 aliphatic carbocycles. The zero-order valence-corrected chi connectivity index (χ0v) is 16.5. The second-order valence-corrected chi connectivity index (χ2v) is 7.53.